The van der Waals surface area contributed by atoms with Crippen LogP contribution in [-0.4, -0.2) is 53.3 Å². The van der Waals surface area contributed by atoms with E-state index in [1.807, 2.05) is 0 Å². The van der Waals surface area contributed by atoms with Gasteiger partial charge in [-0.1, -0.05) is 6.07 Å². The van der Waals surface area contributed by atoms with Crippen LogP contribution in [0.3, 0.4) is 0 Å². The Kier molecular flexibility index (Phi) is 3.75. The minimum Gasteiger partial charge on any atom is -0.497 e. The first kappa shape index (κ1) is 18.2. The van der Waals surface area contributed by atoms with Gasteiger partial charge in [0.05, 0.1) is 12.7 Å². The Balaban J connectivity index is 1.48. The number of benzene rings is 1. The van der Waals surface area contributed by atoms with Crippen LogP contribution in [0.2, 0.25) is 0 Å². The molecule has 0 radical (unpaired) electrons. The number of carbonyl (C=O) groups is 1. The molecule has 2 saturated carbocycles. The highest BCUT2D eigenvalue weighted by Crippen LogP contribution is 2.61. The summed E-state index contributed by atoms with van der Waals surface area (Å²) in [7, 11) is 1.72. The molecular formula is C24H32N2O3. The average Bonchev–Trinajstić information content (AvgIpc) is 3.46. The molecule has 0 unspecified atom stereocenters. The van der Waals surface area contributed by atoms with Gasteiger partial charge in [-0.2, -0.15) is 0 Å². The first-order valence-electron chi connectivity index (χ1n) is 11.4. The highest BCUT2D eigenvalue weighted by molar-refractivity contribution is 5.79. The SMILES string of the molecule is COc1ccc2c(c1)[C@]13CCN(CC4CC4)[C@H](C2)[C@]1(O)CC[C@@]1(CCC(=O)N1)C3. The van der Waals surface area contributed by atoms with Crippen LogP contribution < -0.4 is 10.1 Å². The molecule has 2 bridgehead atoms. The topological polar surface area (TPSA) is 61.8 Å². The van der Waals surface area contributed by atoms with Crippen molar-refractivity contribution in [2.45, 2.75) is 80.4 Å². The normalized spacial score (nSPS) is 41.0. The van der Waals surface area contributed by atoms with Gasteiger partial charge in [-0.3, -0.25) is 9.69 Å². The summed E-state index contributed by atoms with van der Waals surface area (Å²) in [6.07, 6.45) is 8.62. The fourth-order valence-electron chi connectivity index (χ4n) is 7.29. The molecule has 2 N–H and O–H groups in total. The average molecular weight is 397 g/mol. The number of hydrogen-bond donors (Lipinski definition) is 2. The van der Waals surface area contributed by atoms with Gasteiger partial charge in [0.15, 0.2) is 0 Å². The molecular weight excluding hydrogens is 364 g/mol. The highest BCUT2D eigenvalue weighted by atomic mass is 16.5. The zero-order valence-corrected chi connectivity index (χ0v) is 17.4. The quantitative estimate of drug-likeness (QED) is 0.824. The second-order valence-electron chi connectivity index (χ2n) is 10.4. The Morgan fingerprint density at radius 1 is 1.24 bits per heavy atom. The number of fused-ring (bicyclic) bond motifs is 1. The summed E-state index contributed by atoms with van der Waals surface area (Å²) in [4.78, 5) is 14.8. The van der Waals surface area contributed by atoms with Crippen LogP contribution in [0.1, 0.15) is 62.5 Å². The minimum absolute atomic E-state index is 0.149. The van der Waals surface area contributed by atoms with Crippen molar-refractivity contribution in [3.8, 4) is 5.75 Å². The molecule has 1 aromatic carbocycles. The van der Waals surface area contributed by atoms with E-state index in [9.17, 15) is 9.90 Å². The van der Waals surface area contributed by atoms with Crippen molar-refractivity contribution >= 4 is 5.91 Å². The van der Waals surface area contributed by atoms with E-state index in [0.29, 0.717) is 6.42 Å². The van der Waals surface area contributed by atoms with Gasteiger partial charge in [0.25, 0.3) is 0 Å². The molecule has 1 amide bonds. The second kappa shape index (κ2) is 5.98. The molecule has 5 heteroatoms. The smallest absolute Gasteiger partial charge is 0.220 e. The molecule has 5 nitrogen and oxygen atoms in total. The summed E-state index contributed by atoms with van der Waals surface area (Å²) in [5, 5.41) is 15.7. The standard InChI is InChI=1S/C24H32N2O3/c1-29-18-5-4-17-12-20-24(28)9-8-22(7-6-21(27)25-22)15-23(24,19(17)13-18)10-11-26(20)14-16-2-3-16/h4-5,13,16,20,28H,2-3,6-12,14-15H2,1H3,(H,25,27)/t20-,22+,23-,24-/m1/s1. The molecule has 0 aromatic heterocycles. The lowest BCUT2D eigenvalue weighted by atomic mass is 9.46. The maximum Gasteiger partial charge on any atom is 0.220 e. The zero-order valence-electron chi connectivity index (χ0n) is 17.4. The van der Waals surface area contributed by atoms with Crippen LogP contribution in [0.4, 0.5) is 0 Å². The number of methoxy groups -OCH3 is 1. The molecule has 2 saturated heterocycles. The number of ether oxygens (including phenoxy) is 1. The number of rotatable bonds is 3. The maximum absolute atomic E-state index is 12.4. The van der Waals surface area contributed by atoms with Crippen LogP contribution in [0.25, 0.3) is 0 Å². The molecule has 2 aliphatic heterocycles. The molecule has 3 aliphatic carbocycles. The first-order chi connectivity index (χ1) is 14.0. The van der Waals surface area contributed by atoms with E-state index in [2.05, 4.69) is 28.4 Å². The Bertz CT molecular complexity index is 868. The number of aliphatic hydroxyl groups is 1. The van der Waals surface area contributed by atoms with Crippen LogP contribution in [0.5, 0.6) is 5.75 Å². The lowest BCUT2D eigenvalue weighted by Gasteiger charge is -2.66. The van der Waals surface area contributed by atoms with E-state index in [0.717, 1.165) is 63.3 Å². The van der Waals surface area contributed by atoms with E-state index in [1.54, 1.807) is 7.11 Å². The predicted octanol–water partition coefficient (Wildman–Crippen LogP) is 2.54. The monoisotopic (exact) mass is 396 g/mol. The number of piperidine rings is 1. The van der Waals surface area contributed by atoms with Gasteiger partial charge in [0.2, 0.25) is 5.91 Å². The number of nitrogens with one attached hydrogen (secondary N) is 1. The van der Waals surface area contributed by atoms with Gasteiger partial charge in [-0.05, 0) is 87.1 Å². The first-order valence-corrected chi connectivity index (χ1v) is 11.4. The van der Waals surface area contributed by atoms with E-state index >= 15 is 0 Å². The molecule has 4 fully saturated rings. The number of likely N-dealkylation sites (tertiary alicyclic amines) is 1. The summed E-state index contributed by atoms with van der Waals surface area (Å²) >= 11 is 0. The Morgan fingerprint density at radius 3 is 2.83 bits per heavy atom. The van der Waals surface area contributed by atoms with Crippen molar-refractivity contribution in [3.05, 3.63) is 29.3 Å². The van der Waals surface area contributed by atoms with E-state index in [4.69, 9.17) is 4.74 Å². The van der Waals surface area contributed by atoms with Gasteiger partial charge < -0.3 is 15.2 Å². The number of nitrogens with zero attached hydrogens (tertiary/aromatic N) is 1. The van der Waals surface area contributed by atoms with E-state index in [-0.39, 0.29) is 22.9 Å². The minimum atomic E-state index is -0.724. The van der Waals surface area contributed by atoms with Gasteiger partial charge in [0.1, 0.15) is 5.75 Å². The molecule has 29 heavy (non-hydrogen) atoms. The van der Waals surface area contributed by atoms with Crippen LogP contribution in [0.15, 0.2) is 18.2 Å². The summed E-state index contributed by atoms with van der Waals surface area (Å²) < 4.78 is 5.58. The third-order valence-corrected chi connectivity index (χ3v) is 8.94. The van der Waals surface area contributed by atoms with E-state index < -0.39 is 5.60 Å². The van der Waals surface area contributed by atoms with Crippen LogP contribution in [-0.2, 0) is 16.6 Å². The van der Waals surface area contributed by atoms with Crippen molar-refractivity contribution in [1.82, 2.24) is 10.2 Å². The highest BCUT2D eigenvalue weighted by Gasteiger charge is 2.67. The van der Waals surface area contributed by atoms with Crippen molar-refractivity contribution in [1.29, 1.82) is 0 Å². The Hall–Kier alpha value is -1.59. The molecule has 4 atom stereocenters. The maximum atomic E-state index is 12.4. The fraction of sp³-hybridized carbons (Fsp3) is 0.708. The van der Waals surface area contributed by atoms with Crippen molar-refractivity contribution in [2.24, 2.45) is 5.92 Å². The largest absolute Gasteiger partial charge is 0.497 e. The number of hydrogen-bond acceptors (Lipinski definition) is 4. The van der Waals surface area contributed by atoms with Crippen molar-refractivity contribution < 1.29 is 14.6 Å². The van der Waals surface area contributed by atoms with E-state index in [1.165, 1.54) is 24.0 Å². The summed E-state index contributed by atoms with van der Waals surface area (Å²) in [6.45, 7) is 2.18. The lowest BCUT2D eigenvalue weighted by Crippen LogP contribution is -2.75. The van der Waals surface area contributed by atoms with Crippen LogP contribution in [0, 0.1) is 5.92 Å². The Labute approximate surface area is 172 Å². The summed E-state index contributed by atoms with van der Waals surface area (Å²) in [6, 6.07) is 6.66. The van der Waals surface area contributed by atoms with Gasteiger partial charge in [-0.25, -0.2) is 0 Å². The molecule has 2 heterocycles. The molecule has 5 aliphatic rings. The Morgan fingerprint density at radius 2 is 2.10 bits per heavy atom. The number of amides is 1. The second-order valence-corrected chi connectivity index (χ2v) is 10.4. The third kappa shape index (κ3) is 2.50. The predicted molar refractivity (Wildman–Crippen MR) is 110 cm³/mol. The molecule has 1 spiro atoms. The van der Waals surface area contributed by atoms with Gasteiger partial charge >= 0.3 is 0 Å². The third-order valence-electron chi connectivity index (χ3n) is 8.94. The van der Waals surface area contributed by atoms with Crippen molar-refractivity contribution in [3.63, 3.8) is 0 Å². The fourth-order valence-corrected chi connectivity index (χ4v) is 7.29. The van der Waals surface area contributed by atoms with Gasteiger partial charge in [-0.15, -0.1) is 0 Å². The summed E-state index contributed by atoms with van der Waals surface area (Å²) in [5.41, 5.74) is 1.47. The number of carbonyl (C=O) groups excluding carboxylic acids is 1. The van der Waals surface area contributed by atoms with Crippen molar-refractivity contribution in [2.75, 3.05) is 20.2 Å². The lowest BCUT2D eigenvalue weighted by molar-refractivity contribution is -0.179. The molecule has 156 valence electrons. The van der Waals surface area contributed by atoms with Crippen LogP contribution >= 0.6 is 0 Å². The zero-order chi connectivity index (χ0) is 19.9. The molecule has 6 rings (SSSR count). The summed E-state index contributed by atoms with van der Waals surface area (Å²) in [5.74, 6) is 1.87. The van der Waals surface area contributed by atoms with Gasteiger partial charge in [0, 0.05) is 30.0 Å². The molecule has 1 aromatic rings.